The molecule has 3 rings (SSSR count). The number of hydrogen-bond acceptors (Lipinski definition) is 5. The maximum absolute atomic E-state index is 12.1. The number of aryl methyl sites for hydroxylation is 1. The Morgan fingerprint density at radius 1 is 1.24 bits per heavy atom. The van der Waals surface area contributed by atoms with Crippen LogP contribution in [-0.2, 0) is 17.1 Å². The molecule has 0 unspecified atom stereocenters. The molecule has 0 aliphatic heterocycles. The lowest BCUT2D eigenvalue weighted by molar-refractivity contribution is 0.329. The van der Waals surface area contributed by atoms with E-state index in [4.69, 9.17) is 0 Å². The Labute approximate surface area is 123 Å². The topological polar surface area (TPSA) is 94.7 Å². The molecule has 9 heteroatoms. The summed E-state index contributed by atoms with van der Waals surface area (Å²) < 4.78 is 29.8. The van der Waals surface area contributed by atoms with Gasteiger partial charge in [0.2, 0.25) is 0 Å². The standard InChI is InChI=1S/C12H18N6O2S/c1-17-8-7-11(14-17)21(19,20)16-12-13-9-18(15-12)10-5-3-2-4-6-10/h7-10H,2-6H2,1H3,(H,15,16). The van der Waals surface area contributed by atoms with E-state index in [9.17, 15) is 8.42 Å². The number of hydrogen-bond donors (Lipinski definition) is 1. The highest BCUT2D eigenvalue weighted by atomic mass is 32.2. The number of nitrogens with one attached hydrogen (secondary N) is 1. The first-order valence-electron chi connectivity index (χ1n) is 6.98. The van der Waals surface area contributed by atoms with Crippen LogP contribution in [0.1, 0.15) is 38.1 Å². The van der Waals surface area contributed by atoms with Gasteiger partial charge in [0.15, 0.2) is 5.03 Å². The molecule has 0 saturated heterocycles. The molecule has 1 aliphatic carbocycles. The lowest BCUT2D eigenvalue weighted by Crippen LogP contribution is -2.16. The van der Waals surface area contributed by atoms with Crippen molar-refractivity contribution in [1.29, 1.82) is 0 Å². The SMILES string of the molecule is Cn1ccc(S(=O)(=O)Nc2ncn(C3CCCCC3)n2)n1. The summed E-state index contributed by atoms with van der Waals surface area (Å²) in [6, 6.07) is 1.75. The lowest BCUT2D eigenvalue weighted by Gasteiger charge is -2.21. The minimum Gasteiger partial charge on any atom is -0.274 e. The zero-order chi connectivity index (χ0) is 14.9. The Morgan fingerprint density at radius 3 is 2.67 bits per heavy atom. The fourth-order valence-corrected chi connectivity index (χ4v) is 3.47. The molecule has 0 amide bonds. The van der Waals surface area contributed by atoms with Crippen LogP contribution < -0.4 is 4.72 Å². The Balaban J connectivity index is 1.74. The van der Waals surface area contributed by atoms with E-state index in [2.05, 4.69) is 19.9 Å². The van der Waals surface area contributed by atoms with Gasteiger partial charge in [-0.2, -0.15) is 18.5 Å². The average molecular weight is 310 g/mol. The van der Waals surface area contributed by atoms with Crippen molar-refractivity contribution in [3.8, 4) is 0 Å². The third-order valence-corrected chi connectivity index (χ3v) is 4.87. The summed E-state index contributed by atoms with van der Waals surface area (Å²) in [7, 11) is -2.07. The molecule has 0 aromatic carbocycles. The Morgan fingerprint density at radius 2 is 2.00 bits per heavy atom. The van der Waals surface area contributed by atoms with Crippen LogP contribution in [0.2, 0.25) is 0 Å². The van der Waals surface area contributed by atoms with E-state index < -0.39 is 10.0 Å². The predicted molar refractivity (Wildman–Crippen MR) is 76.2 cm³/mol. The van der Waals surface area contributed by atoms with Crippen LogP contribution in [0.3, 0.4) is 0 Å². The lowest BCUT2D eigenvalue weighted by atomic mass is 9.96. The van der Waals surface area contributed by atoms with E-state index in [1.54, 1.807) is 24.3 Å². The molecule has 2 heterocycles. The van der Waals surface area contributed by atoms with Gasteiger partial charge < -0.3 is 0 Å². The van der Waals surface area contributed by atoms with Crippen LogP contribution in [0.15, 0.2) is 23.6 Å². The van der Waals surface area contributed by atoms with E-state index in [1.165, 1.54) is 30.0 Å². The van der Waals surface area contributed by atoms with Crippen molar-refractivity contribution in [2.75, 3.05) is 4.72 Å². The van der Waals surface area contributed by atoms with Crippen molar-refractivity contribution < 1.29 is 8.42 Å². The quantitative estimate of drug-likeness (QED) is 0.919. The van der Waals surface area contributed by atoms with Crippen LogP contribution in [0.5, 0.6) is 0 Å². The molecule has 0 radical (unpaired) electrons. The first-order chi connectivity index (χ1) is 10.0. The summed E-state index contributed by atoms with van der Waals surface area (Å²) in [6.07, 6.45) is 8.91. The molecular weight excluding hydrogens is 292 g/mol. The summed E-state index contributed by atoms with van der Waals surface area (Å²) in [6.45, 7) is 0. The molecular formula is C12H18N6O2S. The molecule has 1 fully saturated rings. The van der Waals surface area contributed by atoms with Crippen molar-refractivity contribution in [3.05, 3.63) is 18.6 Å². The molecule has 2 aromatic heterocycles. The van der Waals surface area contributed by atoms with Gasteiger partial charge in [0.05, 0.1) is 6.04 Å². The van der Waals surface area contributed by atoms with Crippen LogP contribution in [0, 0.1) is 0 Å². The van der Waals surface area contributed by atoms with Gasteiger partial charge in [-0.15, -0.1) is 5.10 Å². The Hall–Kier alpha value is -1.90. The molecule has 2 aromatic rings. The molecule has 1 aliphatic rings. The summed E-state index contributed by atoms with van der Waals surface area (Å²) in [5, 5.41) is 8.07. The van der Waals surface area contributed by atoms with E-state index in [1.807, 2.05) is 0 Å². The van der Waals surface area contributed by atoms with E-state index >= 15 is 0 Å². The molecule has 1 N–H and O–H groups in total. The van der Waals surface area contributed by atoms with Crippen molar-refractivity contribution in [2.45, 2.75) is 43.2 Å². The molecule has 21 heavy (non-hydrogen) atoms. The molecule has 0 bridgehead atoms. The number of nitrogens with zero attached hydrogens (tertiary/aromatic N) is 5. The summed E-state index contributed by atoms with van der Waals surface area (Å²) in [5.41, 5.74) is 0. The summed E-state index contributed by atoms with van der Waals surface area (Å²) >= 11 is 0. The number of aromatic nitrogens is 5. The molecule has 0 spiro atoms. The summed E-state index contributed by atoms with van der Waals surface area (Å²) in [4.78, 5) is 4.04. The van der Waals surface area contributed by atoms with Gasteiger partial charge in [0.25, 0.3) is 16.0 Å². The van der Waals surface area contributed by atoms with E-state index in [0.29, 0.717) is 6.04 Å². The van der Waals surface area contributed by atoms with Gasteiger partial charge in [-0.1, -0.05) is 19.3 Å². The first-order valence-corrected chi connectivity index (χ1v) is 8.46. The van der Waals surface area contributed by atoms with Gasteiger partial charge in [-0.05, 0) is 18.9 Å². The van der Waals surface area contributed by atoms with Crippen molar-refractivity contribution in [3.63, 3.8) is 0 Å². The smallest absolute Gasteiger partial charge is 0.274 e. The van der Waals surface area contributed by atoms with Gasteiger partial charge in [0, 0.05) is 13.2 Å². The predicted octanol–water partition coefficient (Wildman–Crippen LogP) is 1.32. The highest BCUT2D eigenvalue weighted by Crippen LogP contribution is 2.27. The second-order valence-electron chi connectivity index (χ2n) is 5.27. The van der Waals surface area contributed by atoms with E-state index in [0.717, 1.165) is 12.8 Å². The summed E-state index contributed by atoms with van der Waals surface area (Å²) in [5.74, 6) is 0.0891. The maximum Gasteiger partial charge on any atom is 0.283 e. The van der Waals surface area contributed by atoms with Crippen LogP contribution in [-0.4, -0.2) is 33.0 Å². The van der Waals surface area contributed by atoms with Crippen molar-refractivity contribution in [1.82, 2.24) is 24.5 Å². The molecule has 114 valence electrons. The Bertz CT molecular complexity index is 714. The molecule has 8 nitrogen and oxygen atoms in total. The zero-order valence-electron chi connectivity index (χ0n) is 11.8. The minimum atomic E-state index is -3.73. The fraction of sp³-hybridized carbons (Fsp3) is 0.583. The highest BCUT2D eigenvalue weighted by molar-refractivity contribution is 7.92. The molecule has 1 saturated carbocycles. The number of sulfonamides is 1. The Kier molecular flexibility index (Phi) is 3.66. The van der Waals surface area contributed by atoms with Gasteiger partial charge in [-0.25, -0.2) is 9.40 Å². The fourth-order valence-electron chi connectivity index (χ4n) is 2.55. The average Bonchev–Trinajstić information content (AvgIpc) is 3.09. The largest absolute Gasteiger partial charge is 0.283 e. The van der Waals surface area contributed by atoms with Crippen molar-refractivity contribution >= 4 is 16.0 Å². The molecule has 0 atom stereocenters. The maximum atomic E-state index is 12.1. The van der Waals surface area contributed by atoms with Gasteiger partial charge in [-0.3, -0.25) is 4.68 Å². The van der Waals surface area contributed by atoms with E-state index in [-0.39, 0.29) is 11.0 Å². The highest BCUT2D eigenvalue weighted by Gasteiger charge is 2.21. The zero-order valence-corrected chi connectivity index (χ0v) is 12.6. The second kappa shape index (κ2) is 5.47. The first kappa shape index (κ1) is 14.1. The van der Waals surface area contributed by atoms with Crippen LogP contribution in [0.4, 0.5) is 5.95 Å². The normalized spacial score (nSPS) is 17.0. The number of rotatable bonds is 4. The van der Waals surface area contributed by atoms with Gasteiger partial charge >= 0.3 is 0 Å². The van der Waals surface area contributed by atoms with Crippen LogP contribution in [0.25, 0.3) is 0 Å². The van der Waals surface area contributed by atoms with Crippen molar-refractivity contribution in [2.24, 2.45) is 7.05 Å². The number of anilines is 1. The minimum absolute atomic E-state index is 0.0426. The van der Waals surface area contributed by atoms with Gasteiger partial charge in [0.1, 0.15) is 6.33 Å². The van der Waals surface area contributed by atoms with Crippen LogP contribution >= 0.6 is 0 Å². The third kappa shape index (κ3) is 3.07. The second-order valence-corrected chi connectivity index (χ2v) is 6.90. The monoisotopic (exact) mass is 310 g/mol. The third-order valence-electron chi connectivity index (χ3n) is 3.65.